The summed E-state index contributed by atoms with van der Waals surface area (Å²) >= 11 is 0. The maximum Gasteiger partial charge on any atom is 0.333 e. The molecule has 0 atom stereocenters. The van der Waals surface area contributed by atoms with Crippen molar-refractivity contribution in [2.24, 2.45) is 0 Å². The van der Waals surface area contributed by atoms with Crippen LogP contribution in [0, 0.1) is 0 Å². The lowest BCUT2D eigenvalue weighted by molar-refractivity contribution is 0.104. The van der Waals surface area contributed by atoms with E-state index in [0.717, 1.165) is 11.3 Å². The van der Waals surface area contributed by atoms with Gasteiger partial charge >= 0.3 is 6.03 Å². The number of hydrogen-bond acceptors (Lipinski definition) is 4. The van der Waals surface area contributed by atoms with Crippen molar-refractivity contribution in [3.63, 3.8) is 0 Å². The molecule has 2 amide bonds. The van der Waals surface area contributed by atoms with Gasteiger partial charge in [-0.15, -0.1) is 0 Å². The molecule has 0 radical (unpaired) electrons. The third-order valence-corrected chi connectivity index (χ3v) is 3.72. The van der Waals surface area contributed by atoms with Crippen molar-refractivity contribution in [1.82, 2.24) is 20.6 Å². The van der Waals surface area contributed by atoms with E-state index in [9.17, 15) is 9.59 Å². The lowest BCUT2D eigenvalue weighted by Gasteiger charge is -2.14. The third kappa shape index (κ3) is 2.49. The first-order chi connectivity index (χ1) is 10.9. The second kappa shape index (κ2) is 5.51. The molecule has 120 valence electrons. The Labute approximate surface area is 134 Å². The molecule has 0 fully saturated rings. The molecule has 2 aromatic rings. The largest absolute Gasteiger partial charge is 0.333 e. The van der Waals surface area contributed by atoms with Crippen LogP contribution in [-0.4, -0.2) is 41.1 Å². The Balaban J connectivity index is 2.02. The van der Waals surface area contributed by atoms with Crippen molar-refractivity contribution in [1.29, 1.82) is 0 Å². The number of benzene rings is 1. The average Bonchev–Trinajstić information content (AvgIpc) is 2.99. The van der Waals surface area contributed by atoms with Gasteiger partial charge in [0.05, 0.1) is 16.8 Å². The summed E-state index contributed by atoms with van der Waals surface area (Å²) in [5.74, 6) is 0.0613. The summed E-state index contributed by atoms with van der Waals surface area (Å²) < 4.78 is 0. The van der Waals surface area contributed by atoms with Crippen LogP contribution in [0.15, 0.2) is 18.2 Å². The van der Waals surface area contributed by atoms with Gasteiger partial charge in [-0.25, -0.2) is 9.80 Å². The first kappa shape index (κ1) is 15.2. The van der Waals surface area contributed by atoms with E-state index in [1.165, 1.54) is 5.01 Å². The molecule has 0 spiro atoms. The Morgan fingerprint density at radius 1 is 1.26 bits per heavy atom. The van der Waals surface area contributed by atoms with E-state index in [1.54, 1.807) is 26.2 Å². The highest BCUT2D eigenvalue weighted by atomic mass is 16.2. The molecule has 1 aliphatic carbocycles. The van der Waals surface area contributed by atoms with Crippen LogP contribution in [0.1, 0.15) is 41.4 Å². The smallest absolute Gasteiger partial charge is 0.306 e. The Hall–Kier alpha value is -2.67. The summed E-state index contributed by atoms with van der Waals surface area (Å²) in [5.41, 5.74) is 6.41. The lowest BCUT2D eigenvalue weighted by Crippen LogP contribution is -2.39. The van der Waals surface area contributed by atoms with Gasteiger partial charge < -0.3 is 5.32 Å². The number of nitrogens with one attached hydrogen (secondary N) is 3. The predicted octanol–water partition coefficient (Wildman–Crippen LogP) is 2.34. The van der Waals surface area contributed by atoms with Crippen molar-refractivity contribution < 1.29 is 9.59 Å². The number of urea groups is 1. The van der Waals surface area contributed by atoms with E-state index in [4.69, 9.17) is 0 Å². The number of fused-ring (bicyclic) bond motifs is 3. The van der Waals surface area contributed by atoms with Gasteiger partial charge in [0, 0.05) is 25.4 Å². The second-order valence-corrected chi connectivity index (χ2v) is 6.03. The lowest BCUT2D eigenvalue weighted by atomic mass is 10.0. The van der Waals surface area contributed by atoms with E-state index >= 15 is 0 Å². The van der Waals surface area contributed by atoms with Gasteiger partial charge in [0.15, 0.2) is 5.78 Å². The topological polar surface area (TPSA) is 90.1 Å². The maximum absolute atomic E-state index is 12.9. The van der Waals surface area contributed by atoms with Gasteiger partial charge in [-0.1, -0.05) is 26.0 Å². The van der Waals surface area contributed by atoms with Crippen molar-refractivity contribution >= 4 is 17.5 Å². The Morgan fingerprint density at radius 2 is 2.00 bits per heavy atom. The quantitative estimate of drug-likeness (QED) is 0.647. The summed E-state index contributed by atoms with van der Waals surface area (Å²) in [6, 6.07) is 4.97. The fourth-order valence-electron chi connectivity index (χ4n) is 2.77. The number of hydrogen-bond donors (Lipinski definition) is 3. The summed E-state index contributed by atoms with van der Waals surface area (Å²) in [6.45, 7) is 4.02. The number of carbonyl (C=O) groups is 2. The molecular formula is C16H19N5O2. The van der Waals surface area contributed by atoms with Crippen LogP contribution in [0.25, 0.3) is 11.3 Å². The minimum atomic E-state index is -0.397. The van der Waals surface area contributed by atoms with Gasteiger partial charge in [-0.2, -0.15) is 5.10 Å². The summed E-state index contributed by atoms with van der Waals surface area (Å²) in [5, 5.41) is 11.5. The SMILES string of the molecule is CC(C)c1[nH]nc2c1C(=O)c1c(NC(=O)NN(C)C)cccc1-2. The van der Waals surface area contributed by atoms with Crippen molar-refractivity contribution in [3.05, 3.63) is 35.0 Å². The van der Waals surface area contributed by atoms with Crippen molar-refractivity contribution in [2.75, 3.05) is 19.4 Å². The van der Waals surface area contributed by atoms with E-state index in [0.29, 0.717) is 22.5 Å². The number of H-pyrrole nitrogens is 1. The number of rotatable bonds is 3. The highest BCUT2D eigenvalue weighted by Gasteiger charge is 2.35. The van der Waals surface area contributed by atoms with Gasteiger partial charge in [0.25, 0.3) is 0 Å². The molecule has 1 aliphatic rings. The van der Waals surface area contributed by atoms with Gasteiger partial charge in [-0.3, -0.25) is 15.3 Å². The average molecular weight is 313 g/mol. The molecule has 0 aliphatic heterocycles. The zero-order valence-electron chi connectivity index (χ0n) is 13.5. The van der Waals surface area contributed by atoms with Crippen LogP contribution < -0.4 is 10.7 Å². The number of hydrazine groups is 1. The van der Waals surface area contributed by atoms with Crippen LogP contribution in [0.5, 0.6) is 0 Å². The number of nitrogens with zero attached hydrogens (tertiary/aromatic N) is 2. The molecule has 1 aromatic heterocycles. The normalized spacial score (nSPS) is 12.5. The molecule has 1 aromatic carbocycles. The van der Waals surface area contributed by atoms with Gasteiger partial charge in [-0.05, 0) is 12.0 Å². The first-order valence-corrected chi connectivity index (χ1v) is 7.41. The number of anilines is 1. The maximum atomic E-state index is 12.9. The molecule has 0 bridgehead atoms. The van der Waals surface area contributed by atoms with Crippen LogP contribution in [0.2, 0.25) is 0 Å². The second-order valence-electron chi connectivity index (χ2n) is 6.03. The number of amides is 2. The minimum absolute atomic E-state index is 0.104. The Kier molecular flexibility index (Phi) is 3.65. The molecule has 3 N–H and O–H groups in total. The fourth-order valence-corrected chi connectivity index (χ4v) is 2.77. The summed E-state index contributed by atoms with van der Waals surface area (Å²) in [6.07, 6.45) is 0. The van der Waals surface area contributed by atoms with Gasteiger partial charge in [0.2, 0.25) is 0 Å². The third-order valence-electron chi connectivity index (χ3n) is 3.72. The van der Waals surface area contributed by atoms with E-state index in [-0.39, 0.29) is 11.7 Å². The molecule has 0 saturated carbocycles. The number of aromatic amines is 1. The summed E-state index contributed by atoms with van der Waals surface area (Å²) in [4.78, 5) is 24.8. The zero-order valence-corrected chi connectivity index (χ0v) is 13.5. The van der Waals surface area contributed by atoms with Crippen LogP contribution in [0.4, 0.5) is 10.5 Å². The fraction of sp³-hybridized carbons (Fsp3) is 0.312. The van der Waals surface area contributed by atoms with Gasteiger partial charge in [0.1, 0.15) is 5.69 Å². The minimum Gasteiger partial charge on any atom is -0.306 e. The van der Waals surface area contributed by atoms with E-state index in [2.05, 4.69) is 20.9 Å². The zero-order chi connectivity index (χ0) is 16.7. The molecular weight excluding hydrogens is 294 g/mol. The molecule has 1 heterocycles. The van der Waals surface area contributed by atoms with Crippen LogP contribution >= 0.6 is 0 Å². The number of carbonyl (C=O) groups excluding carboxylic acids is 2. The molecule has 7 nitrogen and oxygen atoms in total. The van der Waals surface area contributed by atoms with Crippen LogP contribution in [0.3, 0.4) is 0 Å². The highest BCUT2D eigenvalue weighted by Crippen LogP contribution is 2.41. The van der Waals surface area contributed by atoms with E-state index < -0.39 is 6.03 Å². The first-order valence-electron chi connectivity index (χ1n) is 7.41. The van der Waals surface area contributed by atoms with Crippen molar-refractivity contribution in [2.45, 2.75) is 19.8 Å². The highest BCUT2D eigenvalue weighted by molar-refractivity contribution is 6.25. The van der Waals surface area contributed by atoms with Crippen molar-refractivity contribution in [3.8, 4) is 11.3 Å². The number of aromatic nitrogens is 2. The van der Waals surface area contributed by atoms with Crippen LogP contribution in [-0.2, 0) is 0 Å². The Morgan fingerprint density at radius 3 is 2.65 bits per heavy atom. The molecule has 23 heavy (non-hydrogen) atoms. The van der Waals surface area contributed by atoms with E-state index in [1.807, 2.05) is 19.9 Å². The summed E-state index contributed by atoms with van der Waals surface area (Å²) in [7, 11) is 3.43. The predicted molar refractivity (Wildman–Crippen MR) is 87.4 cm³/mol. The number of ketones is 1. The monoisotopic (exact) mass is 313 g/mol. The molecule has 3 rings (SSSR count). The molecule has 7 heteroatoms. The molecule has 0 saturated heterocycles. The standard InChI is InChI=1S/C16H19N5O2/c1-8(2)13-12-14(19-18-13)9-6-5-7-10(11(9)15(12)22)17-16(23)20-21(3)4/h5-8H,1-4H3,(H,18,19)(H2,17,20,23). The Bertz CT molecular complexity index is 792. The molecule has 0 unspecified atom stereocenters.